The summed E-state index contributed by atoms with van der Waals surface area (Å²) in [5.41, 5.74) is 2.55. The van der Waals surface area contributed by atoms with Crippen LogP contribution in [0.4, 0.5) is 5.69 Å². The maximum absolute atomic E-state index is 11.9. The highest BCUT2D eigenvalue weighted by Gasteiger charge is 2.24. The molecular formula is C17H24N2O3. The number of amides is 2. The Morgan fingerprint density at radius 2 is 1.91 bits per heavy atom. The van der Waals surface area contributed by atoms with Crippen molar-refractivity contribution in [3.8, 4) is 0 Å². The van der Waals surface area contributed by atoms with Crippen LogP contribution in [-0.4, -0.2) is 29.6 Å². The molecule has 0 bridgehead atoms. The topological polar surface area (TPSA) is 78.4 Å². The van der Waals surface area contributed by atoms with Crippen LogP contribution >= 0.6 is 0 Å². The molecule has 1 unspecified atom stereocenters. The normalized spacial score (nSPS) is 16.3. The largest absolute Gasteiger partial charge is 0.391 e. The van der Waals surface area contributed by atoms with Gasteiger partial charge in [0.25, 0.3) is 0 Å². The van der Waals surface area contributed by atoms with E-state index in [1.165, 1.54) is 0 Å². The van der Waals surface area contributed by atoms with Crippen LogP contribution < -0.4 is 10.6 Å². The summed E-state index contributed by atoms with van der Waals surface area (Å²) in [6, 6.07) is 5.67. The third kappa shape index (κ3) is 4.31. The molecule has 0 aliphatic heterocycles. The summed E-state index contributed by atoms with van der Waals surface area (Å²) >= 11 is 0. The van der Waals surface area contributed by atoms with Gasteiger partial charge in [0.05, 0.1) is 6.10 Å². The molecule has 2 rings (SSSR count). The van der Waals surface area contributed by atoms with Crippen LogP contribution in [0.25, 0.3) is 0 Å². The average Bonchev–Trinajstić information content (AvgIpc) is 3.02. The number of aliphatic hydroxyl groups excluding tert-OH is 1. The number of rotatable bonds is 4. The molecule has 0 spiro atoms. The van der Waals surface area contributed by atoms with Gasteiger partial charge in [0.1, 0.15) is 0 Å². The van der Waals surface area contributed by atoms with Crippen molar-refractivity contribution in [2.45, 2.75) is 45.6 Å². The lowest BCUT2D eigenvalue weighted by Crippen LogP contribution is -2.41. The van der Waals surface area contributed by atoms with E-state index in [1.807, 2.05) is 32.0 Å². The van der Waals surface area contributed by atoms with Crippen LogP contribution in [0.2, 0.25) is 0 Å². The molecule has 1 aliphatic rings. The third-order valence-corrected chi connectivity index (χ3v) is 4.26. The lowest BCUT2D eigenvalue weighted by atomic mass is 10.0. The summed E-state index contributed by atoms with van der Waals surface area (Å²) in [4.78, 5) is 23.7. The molecule has 5 nitrogen and oxygen atoms in total. The Hall–Kier alpha value is -1.88. The zero-order valence-corrected chi connectivity index (χ0v) is 13.2. The second kappa shape index (κ2) is 7.40. The first-order chi connectivity index (χ1) is 10.5. The van der Waals surface area contributed by atoms with E-state index in [0.717, 1.165) is 36.8 Å². The molecule has 0 heterocycles. The molecular weight excluding hydrogens is 280 g/mol. The lowest BCUT2D eigenvalue weighted by Gasteiger charge is -2.18. The predicted octanol–water partition coefficient (Wildman–Crippen LogP) is 1.91. The maximum atomic E-state index is 11.9. The van der Waals surface area contributed by atoms with Gasteiger partial charge in [-0.15, -0.1) is 0 Å². The first kappa shape index (κ1) is 16.5. The summed E-state index contributed by atoms with van der Waals surface area (Å²) in [6.45, 7) is 3.92. The van der Waals surface area contributed by atoms with E-state index in [9.17, 15) is 14.7 Å². The van der Waals surface area contributed by atoms with Gasteiger partial charge in [0.15, 0.2) is 0 Å². The number of benzene rings is 1. The molecule has 1 saturated carbocycles. The van der Waals surface area contributed by atoms with E-state index in [0.29, 0.717) is 5.69 Å². The van der Waals surface area contributed by atoms with Crippen LogP contribution in [0.5, 0.6) is 0 Å². The van der Waals surface area contributed by atoms with Gasteiger partial charge < -0.3 is 15.7 Å². The highest BCUT2D eigenvalue weighted by molar-refractivity contribution is 6.39. The Labute approximate surface area is 131 Å². The van der Waals surface area contributed by atoms with Gasteiger partial charge in [-0.05, 0) is 49.8 Å². The van der Waals surface area contributed by atoms with Crippen molar-refractivity contribution in [1.82, 2.24) is 5.32 Å². The number of hydrogen-bond donors (Lipinski definition) is 3. The van der Waals surface area contributed by atoms with Gasteiger partial charge in [-0.25, -0.2) is 0 Å². The van der Waals surface area contributed by atoms with Crippen LogP contribution in [-0.2, 0) is 9.59 Å². The second-order valence-corrected chi connectivity index (χ2v) is 6.09. The first-order valence-corrected chi connectivity index (χ1v) is 7.82. The van der Waals surface area contributed by atoms with Crippen LogP contribution in [0.1, 0.15) is 36.8 Å². The van der Waals surface area contributed by atoms with Gasteiger partial charge in [0, 0.05) is 12.2 Å². The zero-order valence-electron chi connectivity index (χ0n) is 13.2. The Kier molecular flexibility index (Phi) is 5.55. The summed E-state index contributed by atoms with van der Waals surface area (Å²) in [7, 11) is 0. The van der Waals surface area contributed by atoms with Crippen LogP contribution in [0.15, 0.2) is 18.2 Å². The van der Waals surface area contributed by atoms with Crippen molar-refractivity contribution < 1.29 is 14.7 Å². The van der Waals surface area contributed by atoms with E-state index in [2.05, 4.69) is 10.6 Å². The van der Waals surface area contributed by atoms with Crippen LogP contribution in [0, 0.1) is 19.8 Å². The first-order valence-electron chi connectivity index (χ1n) is 7.82. The standard InChI is InChI=1S/C17H24N2O3/c1-11-7-8-12(2)14(9-11)19-17(22)16(21)18-10-15(20)13-5-3-4-6-13/h7-9,13,15,20H,3-6,10H2,1-2H3,(H,18,21)(H,19,22). The molecule has 120 valence electrons. The van der Waals surface area contributed by atoms with Gasteiger partial charge in [-0.2, -0.15) is 0 Å². The monoisotopic (exact) mass is 304 g/mol. The second-order valence-electron chi connectivity index (χ2n) is 6.09. The zero-order chi connectivity index (χ0) is 16.1. The Morgan fingerprint density at radius 3 is 2.59 bits per heavy atom. The summed E-state index contributed by atoms with van der Waals surface area (Å²) in [6.07, 6.45) is 3.67. The van der Waals surface area contributed by atoms with Crippen molar-refractivity contribution in [2.24, 2.45) is 5.92 Å². The van der Waals surface area contributed by atoms with Crippen molar-refractivity contribution in [3.63, 3.8) is 0 Å². The molecule has 1 atom stereocenters. The molecule has 1 aromatic carbocycles. The molecule has 22 heavy (non-hydrogen) atoms. The molecule has 1 aliphatic carbocycles. The van der Waals surface area contributed by atoms with Gasteiger partial charge in [-0.3, -0.25) is 9.59 Å². The summed E-state index contributed by atoms with van der Waals surface area (Å²) in [5.74, 6) is -1.17. The van der Waals surface area contributed by atoms with Crippen LogP contribution in [0.3, 0.4) is 0 Å². The average molecular weight is 304 g/mol. The SMILES string of the molecule is Cc1ccc(C)c(NC(=O)C(=O)NCC(O)C2CCCC2)c1. The fourth-order valence-corrected chi connectivity index (χ4v) is 2.84. The Bertz CT molecular complexity index is 551. The van der Waals surface area contributed by atoms with Crippen molar-refractivity contribution in [3.05, 3.63) is 29.3 Å². The fourth-order valence-electron chi connectivity index (χ4n) is 2.84. The molecule has 3 N–H and O–H groups in total. The van der Waals surface area contributed by atoms with E-state index < -0.39 is 17.9 Å². The number of anilines is 1. The molecule has 1 fully saturated rings. The van der Waals surface area contributed by atoms with E-state index in [4.69, 9.17) is 0 Å². The fraction of sp³-hybridized carbons (Fsp3) is 0.529. The van der Waals surface area contributed by atoms with Crippen molar-refractivity contribution in [1.29, 1.82) is 0 Å². The smallest absolute Gasteiger partial charge is 0.313 e. The summed E-state index contributed by atoms with van der Waals surface area (Å²) < 4.78 is 0. The van der Waals surface area contributed by atoms with E-state index in [1.54, 1.807) is 0 Å². The number of carbonyl (C=O) groups excluding carboxylic acids is 2. The number of nitrogens with one attached hydrogen (secondary N) is 2. The third-order valence-electron chi connectivity index (χ3n) is 4.26. The Morgan fingerprint density at radius 1 is 1.23 bits per heavy atom. The minimum atomic E-state index is -0.710. The highest BCUT2D eigenvalue weighted by atomic mass is 16.3. The number of carbonyl (C=O) groups is 2. The number of aryl methyl sites for hydroxylation is 2. The molecule has 0 saturated heterocycles. The Balaban J connectivity index is 1.84. The van der Waals surface area contributed by atoms with Gasteiger partial charge >= 0.3 is 11.8 Å². The quantitative estimate of drug-likeness (QED) is 0.744. The molecule has 1 aromatic rings. The lowest BCUT2D eigenvalue weighted by molar-refractivity contribution is -0.136. The highest BCUT2D eigenvalue weighted by Crippen LogP contribution is 2.27. The predicted molar refractivity (Wildman–Crippen MR) is 85.5 cm³/mol. The molecule has 5 heteroatoms. The minimum Gasteiger partial charge on any atom is -0.391 e. The van der Waals surface area contributed by atoms with Crippen molar-refractivity contribution >= 4 is 17.5 Å². The molecule has 2 amide bonds. The van der Waals surface area contributed by atoms with Crippen molar-refractivity contribution in [2.75, 3.05) is 11.9 Å². The molecule has 0 radical (unpaired) electrons. The minimum absolute atomic E-state index is 0.129. The van der Waals surface area contributed by atoms with E-state index >= 15 is 0 Å². The number of aliphatic hydroxyl groups is 1. The van der Waals surface area contributed by atoms with Gasteiger partial charge in [-0.1, -0.05) is 25.0 Å². The summed E-state index contributed by atoms with van der Waals surface area (Å²) in [5, 5.41) is 15.1. The number of hydrogen-bond acceptors (Lipinski definition) is 3. The van der Waals surface area contributed by atoms with Gasteiger partial charge in [0.2, 0.25) is 0 Å². The molecule has 0 aromatic heterocycles. The maximum Gasteiger partial charge on any atom is 0.313 e. The van der Waals surface area contributed by atoms with E-state index in [-0.39, 0.29) is 12.5 Å².